The lowest BCUT2D eigenvalue weighted by Gasteiger charge is -2.12. The molecule has 29 heavy (non-hydrogen) atoms. The highest BCUT2D eigenvalue weighted by atomic mass is 16.6. The van der Waals surface area contributed by atoms with Crippen molar-refractivity contribution in [3.63, 3.8) is 0 Å². The van der Waals surface area contributed by atoms with Crippen molar-refractivity contribution in [1.82, 2.24) is 18.7 Å². The molecule has 3 aromatic rings. The van der Waals surface area contributed by atoms with Gasteiger partial charge in [-0.25, -0.2) is 9.78 Å². The zero-order valence-electron chi connectivity index (χ0n) is 16.6. The van der Waals surface area contributed by atoms with Gasteiger partial charge in [-0.05, 0) is 12.1 Å². The molecule has 10 heteroatoms. The minimum absolute atomic E-state index is 0.0814. The largest absolute Gasteiger partial charge is 0.497 e. The minimum Gasteiger partial charge on any atom is -0.497 e. The second kappa shape index (κ2) is 7.12. The standard InChI is InChI=1S/C19H21N5O5/c1-22-10-20-17-16(22)18(25)24(19(26)23(17)2)9-12-7-14(21-29-12)13-6-5-11(27-3)8-15(13)28-4/h5-6,8,10,12H,7,9H2,1-4H3. The molecule has 1 aliphatic heterocycles. The van der Waals surface area contributed by atoms with Gasteiger partial charge in [-0.1, -0.05) is 5.16 Å². The van der Waals surface area contributed by atoms with Crippen LogP contribution in [0.3, 0.4) is 0 Å². The quantitative estimate of drug-likeness (QED) is 0.624. The zero-order chi connectivity index (χ0) is 20.7. The number of aromatic nitrogens is 4. The van der Waals surface area contributed by atoms with Gasteiger partial charge in [0.1, 0.15) is 11.5 Å². The molecule has 1 atom stereocenters. The van der Waals surface area contributed by atoms with Crippen molar-refractivity contribution in [2.24, 2.45) is 19.3 Å². The van der Waals surface area contributed by atoms with E-state index < -0.39 is 17.4 Å². The van der Waals surface area contributed by atoms with Crippen LogP contribution in [0.5, 0.6) is 11.5 Å². The Morgan fingerprint density at radius 1 is 1.21 bits per heavy atom. The lowest BCUT2D eigenvalue weighted by molar-refractivity contribution is 0.0706. The minimum atomic E-state index is -0.451. The first-order valence-electron chi connectivity index (χ1n) is 9.00. The molecule has 0 fully saturated rings. The van der Waals surface area contributed by atoms with Gasteiger partial charge in [-0.15, -0.1) is 0 Å². The summed E-state index contributed by atoms with van der Waals surface area (Å²) in [6, 6.07) is 5.42. The number of methoxy groups -OCH3 is 2. The number of aryl methyl sites for hydroxylation is 2. The molecule has 1 aromatic carbocycles. The monoisotopic (exact) mass is 399 g/mol. The number of benzene rings is 1. The summed E-state index contributed by atoms with van der Waals surface area (Å²) < 4.78 is 14.8. The Bertz CT molecular complexity index is 1240. The molecule has 0 bridgehead atoms. The van der Waals surface area contributed by atoms with Crippen LogP contribution in [0.2, 0.25) is 0 Å². The Labute approximate surface area is 165 Å². The van der Waals surface area contributed by atoms with E-state index in [1.807, 2.05) is 12.1 Å². The third kappa shape index (κ3) is 3.06. The summed E-state index contributed by atoms with van der Waals surface area (Å²) in [5.74, 6) is 1.28. The maximum atomic E-state index is 12.9. The Morgan fingerprint density at radius 2 is 2.00 bits per heavy atom. The van der Waals surface area contributed by atoms with Crippen LogP contribution in [0.4, 0.5) is 0 Å². The lowest BCUT2D eigenvalue weighted by Crippen LogP contribution is -2.42. The van der Waals surface area contributed by atoms with Crippen molar-refractivity contribution >= 4 is 16.9 Å². The van der Waals surface area contributed by atoms with Gasteiger partial charge in [0.15, 0.2) is 17.3 Å². The summed E-state index contributed by atoms with van der Waals surface area (Å²) in [6.45, 7) is 0.0814. The van der Waals surface area contributed by atoms with Crippen LogP contribution in [0.25, 0.3) is 11.2 Å². The number of imidazole rings is 1. The average Bonchev–Trinajstić information content (AvgIpc) is 3.35. The molecule has 0 amide bonds. The van der Waals surface area contributed by atoms with Crippen LogP contribution in [0.1, 0.15) is 12.0 Å². The highest BCUT2D eigenvalue weighted by molar-refractivity contribution is 6.03. The normalized spacial score (nSPS) is 16.0. The molecule has 0 saturated carbocycles. The summed E-state index contributed by atoms with van der Waals surface area (Å²) in [4.78, 5) is 35.2. The Balaban J connectivity index is 1.62. The molecule has 3 heterocycles. The first-order chi connectivity index (χ1) is 13.9. The van der Waals surface area contributed by atoms with E-state index in [2.05, 4.69) is 10.1 Å². The third-order valence-electron chi connectivity index (χ3n) is 5.04. The van der Waals surface area contributed by atoms with E-state index in [4.69, 9.17) is 14.3 Å². The van der Waals surface area contributed by atoms with Gasteiger partial charge < -0.3 is 18.9 Å². The molecule has 0 spiro atoms. The summed E-state index contributed by atoms with van der Waals surface area (Å²) >= 11 is 0. The van der Waals surface area contributed by atoms with Crippen LogP contribution in [0.15, 0.2) is 39.3 Å². The van der Waals surface area contributed by atoms with Crippen LogP contribution in [0, 0.1) is 0 Å². The van der Waals surface area contributed by atoms with Gasteiger partial charge in [-0.2, -0.15) is 0 Å². The van der Waals surface area contributed by atoms with Gasteiger partial charge in [0, 0.05) is 32.1 Å². The fourth-order valence-corrected chi connectivity index (χ4v) is 3.48. The first kappa shape index (κ1) is 18.8. The highest BCUT2D eigenvalue weighted by Crippen LogP contribution is 2.28. The van der Waals surface area contributed by atoms with Gasteiger partial charge in [0.2, 0.25) is 0 Å². The Morgan fingerprint density at radius 3 is 2.72 bits per heavy atom. The predicted octanol–water partition coefficient (Wildman–Crippen LogP) is 0.644. The van der Waals surface area contributed by atoms with Crippen LogP contribution < -0.4 is 20.7 Å². The second-order valence-electron chi connectivity index (χ2n) is 6.82. The third-order valence-corrected chi connectivity index (χ3v) is 5.04. The Hall–Kier alpha value is -3.56. The van der Waals surface area contributed by atoms with Crippen LogP contribution >= 0.6 is 0 Å². The molecule has 2 aromatic heterocycles. The highest BCUT2D eigenvalue weighted by Gasteiger charge is 2.27. The first-order valence-corrected chi connectivity index (χ1v) is 9.00. The number of hydrogen-bond acceptors (Lipinski definition) is 7. The fourth-order valence-electron chi connectivity index (χ4n) is 3.48. The average molecular weight is 399 g/mol. The van der Waals surface area contributed by atoms with Crippen molar-refractivity contribution in [1.29, 1.82) is 0 Å². The van der Waals surface area contributed by atoms with E-state index in [1.54, 1.807) is 38.9 Å². The molecular weight excluding hydrogens is 378 g/mol. The molecular formula is C19H21N5O5. The molecule has 0 N–H and O–H groups in total. The van der Waals surface area contributed by atoms with Gasteiger partial charge in [0.05, 0.1) is 32.8 Å². The number of ether oxygens (including phenoxy) is 2. The lowest BCUT2D eigenvalue weighted by atomic mass is 10.0. The van der Waals surface area contributed by atoms with Gasteiger partial charge in [-0.3, -0.25) is 13.9 Å². The number of rotatable bonds is 5. The molecule has 4 rings (SSSR count). The number of oxime groups is 1. The number of nitrogens with zero attached hydrogens (tertiary/aromatic N) is 5. The van der Waals surface area contributed by atoms with Crippen molar-refractivity contribution in [3.8, 4) is 11.5 Å². The summed E-state index contributed by atoms with van der Waals surface area (Å²) in [5.41, 5.74) is 1.33. The predicted molar refractivity (Wildman–Crippen MR) is 106 cm³/mol. The molecule has 0 aliphatic carbocycles. The number of fused-ring (bicyclic) bond motifs is 1. The fraction of sp³-hybridized carbons (Fsp3) is 0.368. The van der Waals surface area contributed by atoms with Crippen molar-refractivity contribution < 1.29 is 14.3 Å². The maximum Gasteiger partial charge on any atom is 0.332 e. The van der Waals surface area contributed by atoms with Crippen molar-refractivity contribution in [2.45, 2.75) is 19.1 Å². The van der Waals surface area contributed by atoms with Gasteiger partial charge in [0.25, 0.3) is 5.56 Å². The van der Waals surface area contributed by atoms with Crippen molar-refractivity contribution in [3.05, 3.63) is 50.9 Å². The van der Waals surface area contributed by atoms with E-state index in [9.17, 15) is 9.59 Å². The molecule has 152 valence electrons. The summed E-state index contributed by atoms with van der Waals surface area (Å²) in [6.07, 6.45) is 1.49. The smallest absolute Gasteiger partial charge is 0.332 e. The topological polar surface area (TPSA) is 102 Å². The van der Waals surface area contributed by atoms with E-state index >= 15 is 0 Å². The molecule has 0 saturated heterocycles. The van der Waals surface area contributed by atoms with E-state index in [-0.39, 0.29) is 6.54 Å². The number of hydrogen-bond donors (Lipinski definition) is 0. The maximum absolute atomic E-state index is 12.9. The van der Waals surface area contributed by atoms with E-state index in [0.29, 0.717) is 34.8 Å². The Kier molecular flexibility index (Phi) is 4.61. The zero-order valence-corrected chi connectivity index (χ0v) is 16.6. The molecule has 1 aliphatic rings. The van der Waals surface area contributed by atoms with Gasteiger partial charge >= 0.3 is 5.69 Å². The molecule has 10 nitrogen and oxygen atoms in total. The van der Waals surface area contributed by atoms with Crippen LogP contribution in [-0.4, -0.2) is 44.7 Å². The SMILES string of the molecule is COc1ccc(C2=NOC(Cn3c(=O)c4c(ncn4C)n(C)c3=O)C2)c(OC)c1. The summed E-state index contributed by atoms with van der Waals surface area (Å²) in [5, 5.41) is 4.15. The summed E-state index contributed by atoms with van der Waals surface area (Å²) in [7, 11) is 6.46. The van der Waals surface area contributed by atoms with Crippen LogP contribution in [-0.2, 0) is 25.5 Å². The molecule has 1 unspecified atom stereocenters. The van der Waals surface area contributed by atoms with E-state index in [0.717, 1.165) is 5.56 Å². The molecule has 0 radical (unpaired) electrons. The van der Waals surface area contributed by atoms with E-state index in [1.165, 1.54) is 15.5 Å². The second-order valence-corrected chi connectivity index (χ2v) is 6.82. The van der Waals surface area contributed by atoms with Crippen molar-refractivity contribution in [2.75, 3.05) is 14.2 Å².